The molecule has 0 spiro atoms. The van der Waals surface area contributed by atoms with Crippen LogP contribution in [0.2, 0.25) is 0 Å². The van der Waals surface area contributed by atoms with E-state index in [9.17, 15) is 23.1 Å². The van der Waals surface area contributed by atoms with Gasteiger partial charge in [-0.1, -0.05) is 0 Å². The summed E-state index contributed by atoms with van der Waals surface area (Å²) >= 11 is 0. The maximum atomic E-state index is 12.5. The van der Waals surface area contributed by atoms with Crippen LogP contribution in [0.25, 0.3) is 0 Å². The molecule has 1 aromatic heterocycles. The van der Waals surface area contributed by atoms with Crippen molar-refractivity contribution in [2.45, 2.75) is 31.2 Å². The van der Waals surface area contributed by atoms with E-state index in [0.717, 1.165) is 25.2 Å². The molecule has 2 fully saturated rings. The SMILES string of the molecule is Cl.O=C(N[C@H]1C[C@H]2CNC[C@H]2C[C@@H]1O)c1ccc(C(F)(F)F)cn1. The van der Waals surface area contributed by atoms with Gasteiger partial charge >= 0.3 is 6.18 Å². The lowest BCUT2D eigenvalue weighted by Gasteiger charge is -2.35. The second-order valence-electron chi connectivity index (χ2n) is 6.23. The minimum atomic E-state index is -4.48. The Bertz CT molecular complexity index is 582. The molecular formula is C15H19ClF3N3O2. The van der Waals surface area contributed by atoms with Crippen molar-refractivity contribution >= 4 is 18.3 Å². The number of pyridine rings is 1. The van der Waals surface area contributed by atoms with E-state index < -0.39 is 29.8 Å². The fraction of sp³-hybridized carbons (Fsp3) is 0.600. The first-order valence-electron chi connectivity index (χ1n) is 7.57. The van der Waals surface area contributed by atoms with Gasteiger partial charge < -0.3 is 15.7 Å². The quantitative estimate of drug-likeness (QED) is 0.744. The number of hydrogen-bond donors (Lipinski definition) is 3. The molecule has 134 valence electrons. The van der Waals surface area contributed by atoms with E-state index in [1.165, 1.54) is 0 Å². The van der Waals surface area contributed by atoms with Crippen LogP contribution in [0.15, 0.2) is 18.3 Å². The van der Waals surface area contributed by atoms with Crippen molar-refractivity contribution in [3.8, 4) is 0 Å². The molecule has 9 heteroatoms. The van der Waals surface area contributed by atoms with E-state index in [4.69, 9.17) is 0 Å². The fourth-order valence-electron chi connectivity index (χ4n) is 3.39. The third-order valence-corrected chi connectivity index (χ3v) is 4.69. The largest absolute Gasteiger partial charge is 0.417 e. The summed E-state index contributed by atoms with van der Waals surface area (Å²) in [5.41, 5.74) is -0.983. The van der Waals surface area contributed by atoms with Gasteiger partial charge in [-0.2, -0.15) is 13.2 Å². The highest BCUT2D eigenvalue weighted by atomic mass is 35.5. The summed E-state index contributed by atoms with van der Waals surface area (Å²) in [5.74, 6) is 0.263. The second kappa shape index (κ2) is 7.25. The smallest absolute Gasteiger partial charge is 0.391 e. The van der Waals surface area contributed by atoms with Gasteiger partial charge in [0.05, 0.1) is 17.7 Å². The van der Waals surface area contributed by atoms with Gasteiger partial charge in [-0.25, -0.2) is 0 Å². The highest BCUT2D eigenvalue weighted by Crippen LogP contribution is 2.33. The zero-order chi connectivity index (χ0) is 16.6. The van der Waals surface area contributed by atoms with Gasteiger partial charge in [-0.05, 0) is 49.9 Å². The van der Waals surface area contributed by atoms with Crippen LogP contribution in [0.5, 0.6) is 0 Å². The number of nitrogens with one attached hydrogen (secondary N) is 2. The molecule has 5 nitrogen and oxygen atoms in total. The summed E-state index contributed by atoms with van der Waals surface area (Å²) < 4.78 is 37.5. The second-order valence-corrected chi connectivity index (χ2v) is 6.23. The molecular weight excluding hydrogens is 347 g/mol. The molecule has 0 unspecified atom stereocenters. The first-order chi connectivity index (χ1) is 10.8. The molecule has 2 aliphatic rings. The van der Waals surface area contributed by atoms with Crippen LogP contribution in [0.4, 0.5) is 13.2 Å². The summed E-state index contributed by atoms with van der Waals surface area (Å²) in [6.45, 7) is 1.74. The average Bonchev–Trinajstić information content (AvgIpc) is 2.94. The highest BCUT2D eigenvalue weighted by molar-refractivity contribution is 5.92. The zero-order valence-corrected chi connectivity index (χ0v) is 13.5. The topological polar surface area (TPSA) is 74.2 Å². The molecule has 2 heterocycles. The number of aromatic nitrogens is 1. The number of aliphatic hydroxyl groups excluding tert-OH is 1. The molecule has 3 N–H and O–H groups in total. The van der Waals surface area contributed by atoms with Crippen molar-refractivity contribution in [1.82, 2.24) is 15.6 Å². The molecule has 1 saturated carbocycles. The van der Waals surface area contributed by atoms with E-state index >= 15 is 0 Å². The number of nitrogens with zero attached hydrogens (tertiary/aromatic N) is 1. The Kier molecular flexibility index (Phi) is 5.72. The van der Waals surface area contributed by atoms with Crippen molar-refractivity contribution in [2.24, 2.45) is 11.8 Å². The molecule has 0 radical (unpaired) electrons. The Morgan fingerprint density at radius 1 is 1.25 bits per heavy atom. The Balaban J connectivity index is 0.00000208. The van der Waals surface area contributed by atoms with Gasteiger partial charge in [0.15, 0.2) is 0 Å². The maximum absolute atomic E-state index is 12.5. The number of halogens is 4. The lowest BCUT2D eigenvalue weighted by atomic mass is 9.77. The number of carbonyl (C=O) groups is 1. The third kappa shape index (κ3) is 3.99. The van der Waals surface area contributed by atoms with Crippen LogP contribution in [-0.4, -0.2) is 41.2 Å². The molecule has 1 amide bonds. The van der Waals surface area contributed by atoms with Crippen molar-refractivity contribution < 1.29 is 23.1 Å². The van der Waals surface area contributed by atoms with Crippen molar-refractivity contribution in [2.75, 3.05) is 13.1 Å². The summed E-state index contributed by atoms with van der Waals surface area (Å²) in [5, 5.41) is 16.1. The minimum absolute atomic E-state index is 0. The summed E-state index contributed by atoms with van der Waals surface area (Å²) in [6.07, 6.45) is -3.21. The third-order valence-electron chi connectivity index (χ3n) is 4.69. The summed E-state index contributed by atoms with van der Waals surface area (Å²) in [4.78, 5) is 15.7. The molecule has 24 heavy (non-hydrogen) atoms. The van der Waals surface area contributed by atoms with Crippen LogP contribution in [0.3, 0.4) is 0 Å². The number of aliphatic hydroxyl groups is 1. The molecule has 1 saturated heterocycles. The first-order valence-corrected chi connectivity index (χ1v) is 7.57. The summed E-state index contributed by atoms with van der Waals surface area (Å²) in [6, 6.07) is 1.48. The number of carbonyl (C=O) groups excluding carboxylic acids is 1. The number of alkyl halides is 3. The van der Waals surface area contributed by atoms with Crippen molar-refractivity contribution in [3.63, 3.8) is 0 Å². The van der Waals surface area contributed by atoms with E-state index in [1.54, 1.807) is 0 Å². The average molecular weight is 366 g/mol. The van der Waals surface area contributed by atoms with Gasteiger partial charge in [0.25, 0.3) is 5.91 Å². The van der Waals surface area contributed by atoms with Crippen molar-refractivity contribution in [3.05, 3.63) is 29.6 Å². The number of amides is 1. The molecule has 3 rings (SSSR count). The van der Waals surface area contributed by atoms with E-state index in [2.05, 4.69) is 15.6 Å². The normalized spacial score (nSPS) is 29.5. The maximum Gasteiger partial charge on any atom is 0.417 e. The van der Waals surface area contributed by atoms with Gasteiger partial charge in [0, 0.05) is 6.20 Å². The Hall–Kier alpha value is -1.38. The predicted molar refractivity (Wildman–Crippen MR) is 82.8 cm³/mol. The van der Waals surface area contributed by atoms with E-state index in [-0.39, 0.29) is 18.1 Å². The van der Waals surface area contributed by atoms with Crippen LogP contribution in [0.1, 0.15) is 28.9 Å². The van der Waals surface area contributed by atoms with Crippen LogP contribution in [0, 0.1) is 11.8 Å². The number of rotatable bonds is 2. The molecule has 1 aliphatic heterocycles. The molecule has 0 aromatic carbocycles. The number of hydrogen-bond acceptors (Lipinski definition) is 4. The standard InChI is InChI=1S/C15H18F3N3O2.ClH/c16-15(17,18)10-1-2-11(20-7-10)14(23)21-12-3-8-5-19-6-9(8)4-13(12)22;/h1-2,7-9,12-13,19,22H,3-6H2,(H,21,23);1H/t8-,9+,12-,13-;/m0./s1. The predicted octanol–water partition coefficient (Wildman–Crippen LogP) is 1.61. The van der Waals surface area contributed by atoms with Gasteiger partial charge in [-0.3, -0.25) is 9.78 Å². The van der Waals surface area contributed by atoms with Crippen molar-refractivity contribution in [1.29, 1.82) is 0 Å². The van der Waals surface area contributed by atoms with E-state index in [0.29, 0.717) is 30.9 Å². The Morgan fingerprint density at radius 3 is 2.50 bits per heavy atom. The van der Waals surface area contributed by atoms with Crippen LogP contribution >= 0.6 is 12.4 Å². The molecule has 1 aliphatic carbocycles. The number of fused-ring (bicyclic) bond motifs is 1. The monoisotopic (exact) mass is 365 g/mol. The fourth-order valence-corrected chi connectivity index (χ4v) is 3.39. The van der Waals surface area contributed by atoms with E-state index in [1.807, 2.05) is 0 Å². The lowest BCUT2D eigenvalue weighted by Crippen LogP contribution is -2.49. The molecule has 1 aromatic rings. The molecule has 0 bridgehead atoms. The van der Waals surface area contributed by atoms with Gasteiger partial charge in [-0.15, -0.1) is 12.4 Å². The summed E-state index contributed by atoms with van der Waals surface area (Å²) in [7, 11) is 0. The van der Waals surface area contributed by atoms with Crippen LogP contribution < -0.4 is 10.6 Å². The van der Waals surface area contributed by atoms with Gasteiger partial charge in [0.1, 0.15) is 5.69 Å². The Labute approximate surface area is 143 Å². The minimum Gasteiger partial charge on any atom is -0.391 e. The zero-order valence-electron chi connectivity index (χ0n) is 12.7. The van der Waals surface area contributed by atoms with Crippen LogP contribution in [-0.2, 0) is 6.18 Å². The molecule has 4 atom stereocenters. The van der Waals surface area contributed by atoms with Gasteiger partial charge in [0.2, 0.25) is 0 Å². The Morgan fingerprint density at radius 2 is 1.92 bits per heavy atom. The first kappa shape index (κ1) is 19.0. The lowest BCUT2D eigenvalue weighted by molar-refractivity contribution is -0.137. The highest BCUT2D eigenvalue weighted by Gasteiger charge is 2.39.